The van der Waals surface area contributed by atoms with Gasteiger partial charge in [0, 0.05) is 50.5 Å². The maximum absolute atomic E-state index is 10.9. The Morgan fingerprint density at radius 2 is 2.25 bits per heavy atom. The Kier molecular flexibility index (Phi) is 4.57. The molecule has 0 bridgehead atoms. The van der Waals surface area contributed by atoms with Gasteiger partial charge in [0.2, 0.25) is 0 Å². The van der Waals surface area contributed by atoms with E-state index < -0.39 is 0 Å². The van der Waals surface area contributed by atoms with E-state index >= 15 is 0 Å². The molecule has 1 aliphatic rings. The molecule has 1 atom stereocenters. The minimum atomic E-state index is -0.338. The Bertz CT molecular complexity index is 490. The third-order valence-corrected chi connectivity index (χ3v) is 3.94. The summed E-state index contributed by atoms with van der Waals surface area (Å²) in [5.74, 6) is 0. The fraction of sp³-hybridized carbons (Fsp3) is 0.571. The Balaban J connectivity index is 2.12. The predicted octanol–water partition coefficient (Wildman–Crippen LogP) is 1.77. The molecule has 6 heteroatoms. The predicted molar refractivity (Wildman–Crippen MR) is 80.0 cm³/mol. The highest BCUT2D eigenvalue weighted by Gasteiger charge is 2.24. The lowest BCUT2D eigenvalue weighted by molar-refractivity contribution is -0.384. The quantitative estimate of drug-likeness (QED) is 0.657. The molecule has 0 amide bonds. The molecule has 1 heterocycles. The van der Waals surface area contributed by atoms with Crippen molar-refractivity contribution in [2.24, 2.45) is 0 Å². The number of nitro groups is 1. The summed E-state index contributed by atoms with van der Waals surface area (Å²) in [5, 5.41) is 14.0. The highest BCUT2D eigenvalue weighted by Crippen LogP contribution is 2.25. The molecule has 20 heavy (non-hydrogen) atoms. The number of hydrogen-bond donors (Lipinski definition) is 1. The Hall–Kier alpha value is -1.66. The molecule has 1 N–H and O–H groups in total. The number of nitrogens with zero attached hydrogens (tertiary/aromatic N) is 3. The largest absolute Gasteiger partial charge is 0.388 e. The van der Waals surface area contributed by atoms with Crippen molar-refractivity contribution in [2.75, 3.05) is 39.5 Å². The van der Waals surface area contributed by atoms with Gasteiger partial charge >= 0.3 is 0 Å². The summed E-state index contributed by atoms with van der Waals surface area (Å²) < 4.78 is 0. The van der Waals surface area contributed by atoms with E-state index in [4.69, 9.17) is 0 Å². The second-order valence-corrected chi connectivity index (χ2v) is 5.49. The lowest BCUT2D eigenvalue weighted by Gasteiger charge is -2.21. The highest BCUT2D eigenvalue weighted by molar-refractivity contribution is 5.55. The zero-order valence-electron chi connectivity index (χ0n) is 12.3. The van der Waals surface area contributed by atoms with E-state index in [-0.39, 0.29) is 10.6 Å². The Labute approximate surface area is 119 Å². The second kappa shape index (κ2) is 6.19. The summed E-state index contributed by atoms with van der Waals surface area (Å²) in [6.45, 7) is 2.80. The van der Waals surface area contributed by atoms with Crippen molar-refractivity contribution in [3.63, 3.8) is 0 Å². The normalized spacial score (nSPS) is 19.5. The van der Waals surface area contributed by atoms with Gasteiger partial charge in [0.25, 0.3) is 5.69 Å². The van der Waals surface area contributed by atoms with Crippen molar-refractivity contribution in [2.45, 2.75) is 19.0 Å². The number of likely N-dealkylation sites (tertiary alicyclic amines) is 1. The summed E-state index contributed by atoms with van der Waals surface area (Å²) in [6, 6.07) is 5.58. The summed E-state index contributed by atoms with van der Waals surface area (Å²) in [4.78, 5) is 15.2. The third-order valence-electron chi connectivity index (χ3n) is 3.94. The van der Waals surface area contributed by atoms with Crippen molar-refractivity contribution in [3.05, 3.63) is 33.9 Å². The minimum absolute atomic E-state index is 0.155. The summed E-state index contributed by atoms with van der Waals surface area (Å²) in [6.07, 6.45) is 1.15. The van der Waals surface area contributed by atoms with Gasteiger partial charge in [-0.3, -0.25) is 15.0 Å². The van der Waals surface area contributed by atoms with E-state index in [1.165, 1.54) is 0 Å². The van der Waals surface area contributed by atoms with Gasteiger partial charge in [-0.25, -0.2) is 0 Å². The summed E-state index contributed by atoms with van der Waals surface area (Å²) >= 11 is 0. The van der Waals surface area contributed by atoms with Crippen molar-refractivity contribution in [1.82, 2.24) is 9.80 Å². The molecule has 0 aliphatic carbocycles. The summed E-state index contributed by atoms with van der Waals surface area (Å²) in [7, 11) is 6.04. The molecule has 0 aromatic heterocycles. The SMILES string of the molecule is CNc1ccc([N+](=O)[O-])cc1CN1CCC(N(C)C)C1. The van der Waals surface area contributed by atoms with Gasteiger partial charge in [0.1, 0.15) is 0 Å². The molecular weight excluding hydrogens is 256 g/mol. The fourth-order valence-corrected chi connectivity index (χ4v) is 2.69. The number of nitro benzene ring substituents is 1. The van der Waals surface area contributed by atoms with Crippen LogP contribution in [0, 0.1) is 10.1 Å². The molecule has 1 unspecified atom stereocenters. The molecule has 0 spiro atoms. The van der Waals surface area contributed by atoms with Crippen LogP contribution in [-0.4, -0.2) is 55.0 Å². The second-order valence-electron chi connectivity index (χ2n) is 5.49. The van der Waals surface area contributed by atoms with Gasteiger partial charge in [-0.2, -0.15) is 0 Å². The molecule has 1 fully saturated rings. The zero-order chi connectivity index (χ0) is 14.7. The van der Waals surface area contributed by atoms with E-state index in [1.54, 1.807) is 18.2 Å². The molecule has 1 aromatic rings. The van der Waals surface area contributed by atoms with E-state index in [0.717, 1.165) is 37.3 Å². The maximum atomic E-state index is 10.9. The van der Waals surface area contributed by atoms with Gasteiger partial charge in [-0.15, -0.1) is 0 Å². The van der Waals surface area contributed by atoms with Gasteiger partial charge in [-0.1, -0.05) is 0 Å². The first-order valence-corrected chi connectivity index (χ1v) is 6.85. The molecule has 2 rings (SSSR count). The lowest BCUT2D eigenvalue weighted by atomic mass is 10.1. The van der Waals surface area contributed by atoms with Crippen molar-refractivity contribution in [1.29, 1.82) is 0 Å². The molecule has 0 radical (unpaired) electrons. The van der Waals surface area contributed by atoms with Crippen LogP contribution in [0.1, 0.15) is 12.0 Å². The van der Waals surface area contributed by atoms with Crippen molar-refractivity contribution < 1.29 is 4.92 Å². The van der Waals surface area contributed by atoms with Crippen LogP contribution in [0.4, 0.5) is 11.4 Å². The molecule has 1 saturated heterocycles. The number of benzene rings is 1. The molecule has 1 aromatic carbocycles. The Morgan fingerprint density at radius 1 is 1.50 bits per heavy atom. The smallest absolute Gasteiger partial charge is 0.269 e. The standard InChI is InChI=1S/C14H22N4O2/c1-15-14-5-4-12(18(19)20)8-11(14)9-17-7-6-13(10-17)16(2)3/h4-5,8,13,15H,6-7,9-10H2,1-3H3. The van der Waals surface area contributed by atoms with Crippen LogP contribution in [0.15, 0.2) is 18.2 Å². The fourth-order valence-electron chi connectivity index (χ4n) is 2.69. The number of anilines is 1. The van der Waals surface area contributed by atoms with Gasteiger partial charge in [-0.05, 0) is 32.1 Å². The van der Waals surface area contributed by atoms with E-state index in [9.17, 15) is 10.1 Å². The van der Waals surface area contributed by atoms with E-state index in [1.807, 2.05) is 7.05 Å². The molecule has 6 nitrogen and oxygen atoms in total. The minimum Gasteiger partial charge on any atom is -0.388 e. The molecule has 0 saturated carbocycles. The number of nitrogens with one attached hydrogen (secondary N) is 1. The first-order chi connectivity index (χ1) is 9.51. The van der Waals surface area contributed by atoms with Gasteiger partial charge < -0.3 is 10.2 Å². The molecular formula is C14H22N4O2. The van der Waals surface area contributed by atoms with Crippen LogP contribution in [0.2, 0.25) is 0 Å². The third kappa shape index (κ3) is 3.26. The van der Waals surface area contributed by atoms with Gasteiger partial charge in [0.15, 0.2) is 0 Å². The number of rotatable bonds is 5. The molecule has 1 aliphatic heterocycles. The summed E-state index contributed by atoms with van der Waals surface area (Å²) in [5.41, 5.74) is 2.10. The zero-order valence-corrected chi connectivity index (χ0v) is 12.3. The topological polar surface area (TPSA) is 61.7 Å². The monoisotopic (exact) mass is 278 g/mol. The Morgan fingerprint density at radius 3 is 2.80 bits per heavy atom. The van der Waals surface area contributed by atoms with Crippen LogP contribution >= 0.6 is 0 Å². The van der Waals surface area contributed by atoms with Crippen LogP contribution in [0.25, 0.3) is 0 Å². The number of hydrogen-bond acceptors (Lipinski definition) is 5. The lowest BCUT2D eigenvalue weighted by Crippen LogP contribution is -2.31. The van der Waals surface area contributed by atoms with Crippen molar-refractivity contribution in [3.8, 4) is 0 Å². The van der Waals surface area contributed by atoms with Crippen LogP contribution < -0.4 is 5.32 Å². The first kappa shape index (κ1) is 14.7. The van der Waals surface area contributed by atoms with Gasteiger partial charge in [0.05, 0.1) is 4.92 Å². The average Bonchev–Trinajstić information content (AvgIpc) is 2.87. The van der Waals surface area contributed by atoms with E-state index in [2.05, 4.69) is 29.2 Å². The van der Waals surface area contributed by atoms with Crippen LogP contribution in [-0.2, 0) is 6.54 Å². The number of likely N-dealkylation sites (N-methyl/N-ethyl adjacent to an activating group) is 1. The van der Waals surface area contributed by atoms with Crippen LogP contribution in [0.3, 0.4) is 0 Å². The van der Waals surface area contributed by atoms with Crippen molar-refractivity contribution >= 4 is 11.4 Å². The number of non-ortho nitro benzene ring substituents is 1. The maximum Gasteiger partial charge on any atom is 0.269 e. The highest BCUT2D eigenvalue weighted by atomic mass is 16.6. The average molecular weight is 278 g/mol. The first-order valence-electron chi connectivity index (χ1n) is 6.85. The molecule has 110 valence electrons. The van der Waals surface area contributed by atoms with Crippen LogP contribution in [0.5, 0.6) is 0 Å². The van der Waals surface area contributed by atoms with E-state index in [0.29, 0.717) is 6.04 Å².